The van der Waals surface area contributed by atoms with Crippen molar-refractivity contribution in [1.82, 2.24) is 10.2 Å². The van der Waals surface area contributed by atoms with E-state index in [1.54, 1.807) is 0 Å². The monoisotopic (exact) mass is 296 g/mol. The van der Waals surface area contributed by atoms with Gasteiger partial charge in [-0.15, -0.1) is 0 Å². The van der Waals surface area contributed by atoms with Crippen LogP contribution in [0.15, 0.2) is 11.3 Å². The number of rotatable bonds is 4. The quantitative estimate of drug-likeness (QED) is 0.806. The number of nitrogens with zero attached hydrogens (tertiary/aromatic N) is 1. The first-order valence-corrected chi connectivity index (χ1v) is 8.29. The van der Waals surface area contributed by atoms with E-state index in [1.165, 1.54) is 30.5 Å². The molecule has 0 radical (unpaired) electrons. The van der Waals surface area contributed by atoms with Crippen LogP contribution >= 0.6 is 12.2 Å². The largest absolute Gasteiger partial charge is 0.379 e. The van der Waals surface area contributed by atoms with Crippen molar-refractivity contribution in [3.63, 3.8) is 0 Å². The van der Waals surface area contributed by atoms with E-state index >= 15 is 0 Å². The summed E-state index contributed by atoms with van der Waals surface area (Å²) in [6.07, 6.45) is 4.94. The first-order chi connectivity index (χ1) is 9.61. The second kappa shape index (κ2) is 7.41. The van der Waals surface area contributed by atoms with Crippen molar-refractivity contribution in [2.75, 3.05) is 33.4 Å². The maximum atomic E-state index is 5.56. The van der Waals surface area contributed by atoms with Crippen LogP contribution in [-0.2, 0) is 4.74 Å². The average molecular weight is 296 g/mol. The van der Waals surface area contributed by atoms with Gasteiger partial charge in [0, 0.05) is 31.4 Å². The summed E-state index contributed by atoms with van der Waals surface area (Å²) in [6.45, 7) is 8.35. The molecule has 0 aromatic heterocycles. The number of morpholine rings is 1. The lowest BCUT2D eigenvalue weighted by molar-refractivity contribution is 0.0501. The third-order valence-corrected chi connectivity index (χ3v) is 4.78. The lowest BCUT2D eigenvalue weighted by Gasteiger charge is -2.37. The minimum atomic E-state index is 0.773. The molecule has 1 heterocycles. The molecule has 1 fully saturated rings. The molecule has 0 amide bonds. The molecule has 1 aliphatic heterocycles. The van der Waals surface area contributed by atoms with E-state index in [9.17, 15) is 0 Å². The summed E-state index contributed by atoms with van der Waals surface area (Å²) in [4.78, 5) is 3.44. The molecular formula is C16H28N2OS. The number of likely N-dealkylation sites (N-methyl/N-ethyl adjacent to an activating group) is 1. The molecule has 114 valence electrons. The van der Waals surface area contributed by atoms with Crippen molar-refractivity contribution in [2.45, 2.75) is 39.5 Å². The zero-order valence-electron chi connectivity index (χ0n) is 13.1. The van der Waals surface area contributed by atoms with E-state index in [-0.39, 0.29) is 0 Å². The Hall–Kier alpha value is -0.610. The van der Waals surface area contributed by atoms with E-state index in [1.807, 2.05) is 7.05 Å². The highest BCUT2D eigenvalue weighted by atomic mass is 32.1. The predicted molar refractivity (Wildman–Crippen MR) is 87.9 cm³/mol. The maximum Gasteiger partial charge on any atom is 0.103 e. The summed E-state index contributed by atoms with van der Waals surface area (Å²) < 4.78 is 5.47. The summed E-state index contributed by atoms with van der Waals surface area (Å²) in [5.41, 5.74) is 2.87. The van der Waals surface area contributed by atoms with Gasteiger partial charge in [-0.05, 0) is 37.5 Å². The van der Waals surface area contributed by atoms with Gasteiger partial charge in [0.2, 0.25) is 0 Å². The fraction of sp³-hybridized carbons (Fsp3) is 0.812. The second-order valence-corrected chi connectivity index (χ2v) is 6.75. The van der Waals surface area contributed by atoms with Crippen molar-refractivity contribution in [2.24, 2.45) is 11.8 Å². The van der Waals surface area contributed by atoms with Gasteiger partial charge in [0.15, 0.2) is 0 Å². The Morgan fingerprint density at radius 3 is 2.70 bits per heavy atom. The Morgan fingerprint density at radius 2 is 2.10 bits per heavy atom. The smallest absolute Gasteiger partial charge is 0.103 e. The lowest BCUT2D eigenvalue weighted by atomic mass is 9.81. The zero-order valence-corrected chi connectivity index (χ0v) is 13.9. The van der Waals surface area contributed by atoms with Crippen molar-refractivity contribution in [3.8, 4) is 0 Å². The van der Waals surface area contributed by atoms with E-state index in [0.717, 1.165) is 49.5 Å². The van der Waals surface area contributed by atoms with Crippen LogP contribution in [0.5, 0.6) is 0 Å². The molecule has 1 aliphatic carbocycles. The van der Waals surface area contributed by atoms with E-state index < -0.39 is 0 Å². The van der Waals surface area contributed by atoms with Crippen molar-refractivity contribution >= 4 is 17.2 Å². The molecule has 1 N–H and O–H groups in total. The van der Waals surface area contributed by atoms with Crippen LogP contribution in [0.4, 0.5) is 0 Å². The van der Waals surface area contributed by atoms with Crippen LogP contribution in [-0.4, -0.2) is 43.2 Å². The first-order valence-electron chi connectivity index (χ1n) is 7.88. The van der Waals surface area contributed by atoms with Gasteiger partial charge < -0.3 is 15.0 Å². The van der Waals surface area contributed by atoms with Gasteiger partial charge in [-0.1, -0.05) is 26.1 Å². The topological polar surface area (TPSA) is 24.5 Å². The highest BCUT2D eigenvalue weighted by molar-refractivity contribution is 7.80. The second-order valence-electron chi connectivity index (χ2n) is 6.34. The Balaban J connectivity index is 2.14. The predicted octanol–water partition coefficient (Wildman–Crippen LogP) is 2.97. The van der Waals surface area contributed by atoms with Crippen LogP contribution in [0.25, 0.3) is 0 Å². The normalized spacial score (nSPS) is 24.2. The number of thiocarbonyl (C=S) groups is 1. The molecule has 1 atom stereocenters. The molecule has 1 unspecified atom stereocenters. The van der Waals surface area contributed by atoms with E-state index in [0.29, 0.717) is 0 Å². The van der Waals surface area contributed by atoms with Gasteiger partial charge in [0.1, 0.15) is 4.99 Å². The van der Waals surface area contributed by atoms with Gasteiger partial charge >= 0.3 is 0 Å². The molecular weight excluding hydrogens is 268 g/mol. The lowest BCUT2D eigenvalue weighted by Crippen LogP contribution is -2.39. The first kappa shape index (κ1) is 15.8. The standard InChI is InChI=1S/C16H28N2OS/c1-12(2)10-13-4-5-15(14(11-13)16(20)17-3)18-6-8-19-9-7-18/h12-13H,4-11H2,1-3H3,(H,17,20). The molecule has 1 saturated heterocycles. The molecule has 2 aliphatic rings. The summed E-state index contributed by atoms with van der Waals surface area (Å²) in [5, 5.41) is 3.19. The molecule has 3 nitrogen and oxygen atoms in total. The van der Waals surface area contributed by atoms with Crippen molar-refractivity contribution in [1.29, 1.82) is 0 Å². The summed E-state index contributed by atoms with van der Waals surface area (Å²) in [5.74, 6) is 1.57. The Morgan fingerprint density at radius 1 is 1.40 bits per heavy atom. The van der Waals surface area contributed by atoms with Crippen molar-refractivity contribution in [3.05, 3.63) is 11.3 Å². The minimum Gasteiger partial charge on any atom is -0.379 e. The zero-order chi connectivity index (χ0) is 14.5. The fourth-order valence-corrected chi connectivity index (χ4v) is 3.63. The average Bonchev–Trinajstić information content (AvgIpc) is 2.46. The molecule has 20 heavy (non-hydrogen) atoms. The molecule has 0 bridgehead atoms. The minimum absolute atomic E-state index is 0.773. The summed E-state index contributed by atoms with van der Waals surface area (Å²) >= 11 is 5.56. The number of hydrogen-bond donors (Lipinski definition) is 1. The molecule has 0 aromatic rings. The Bertz CT molecular complexity index is 373. The molecule has 4 heteroatoms. The van der Waals surface area contributed by atoms with Crippen LogP contribution < -0.4 is 5.32 Å². The third-order valence-electron chi connectivity index (χ3n) is 4.33. The number of hydrogen-bond acceptors (Lipinski definition) is 3. The maximum absolute atomic E-state index is 5.56. The summed E-state index contributed by atoms with van der Waals surface area (Å²) in [7, 11) is 1.94. The SMILES string of the molecule is CNC(=S)C1=C(N2CCOCC2)CCC(CC(C)C)C1. The number of nitrogens with one attached hydrogen (secondary N) is 1. The Labute approximate surface area is 128 Å². The van der Waals surface area contributed by atoms with E-state index in [2.05, 4.69) is 24.1 Å². The van der Waals surface area contributed by atoms with Crippen LogP contribution in [0, 0.1) is 11.8 Å². The van der Waals surface area contributed by atoms with Gasteiger partial charge in [-0.3, -0.25) is 0 Å². The molecule has 2 rings (SSSR count). The van der Waals surface area contributed by atoms with Crippen LogP contribution in [0.3, 0.4) is 0 Å². The highest BCUT2D eigenvalue weighted by Crippen LogP contribution is 2.35. The third kappa shape index (κ3) is 3.95. The number of allylic oxidation sites excluding steroid dienone is 1. The van der Waals surface area contributed by atoms with Gasteiger partial charge in [-0.2, -0.15) is 0 Å². The van der Waals surface area contributed by atoms with E-state index in [4.69, 9.17) is 17.0 Å². The molecule has 0 aromatic carbocycles. The fourth-order valence-electron chi connectivity index (χ4n) is 3.43. The molecule has 0 saturated carbocycles. The molecule has 0 spiro atoms. The Kier molecular flexibility index (Phi) is 5.85. The summed E-state index contributed by atoms with van der Waals surface area (Å²) in [6, 6.07) is 0. The van der Waals surface area contributed by atoms with Gasteiger partial charge in [0.05, 0.1) is 13.2 Å². The van der Waals surface area contributed by atoms with Gasteiger partial charge in [0.25, 0.3) is 0 Å². The van der Waals surface area contributed by atoms with Crippen molar-refractivity contribution < 1.29 is 4.74 Å². The van der Waals surface area contributed by atoms with Gasteiger partial charge in [-0.25, -0.2) is 0 Å². The number of ether oxygens (including phenoxy) is 1. The van der Waals surface area contributed by atoms with Crippen LogP contribution in [0.2, 0.25) is 0 Å². The van der Waals surface area contributed by atoms with Crippen LogP contribution in [0.1, 0.15) is 39.5 Å². The highest BCUT2D eigenvalue weighted by Gasteiger charge is 2.27.